The molecule has 0 radical (unpaired) electrons. The monoisotopic (exact) mass is 410 g/mol. The van der Waals surface area contributed by atoms with E-state index in [0.717, 1.165) is 58.4 Å². The van der Waals surface area contributed by atoms with Crippen LogP contribution in [0.5, 0.6) is 0 Å². The van der Waals surface area contributed by atoms with Gasteiger partial charge in [0.25, 0.3) is 0 Å². The molecule has 0 aromatic heterocycles. The van der Waals surface area contributed by atoms with Crippen LogP contribution in [0.2, 0.25) is 0 Å². The molecule has 1 amide bonds. The van der Waals surface area contributed by atoms with Crippen molar-refractivity contribution < 1.29 is 19.0 Å². The summed E-state index contributed by atoms with van der Waals surface area (Å²) < 4.78 is 18.2. The Labute approximate surface area is 177 Å². The van der Waals surface area contributed by atoms with Gasteiger partial charge in [-0.3, -0.25) is 9.69 Å². The molecule has 3 fully saturated rings. The van der Waals surface area contributed by atoms with Crippen molar-refractivity contribution in [2.24, 2.45) is 0 Å². The molecule has 2 heterocycles. The second-order valence-corrected chi connectivity index (χ2v) is 11.0. The van der Waals surface area contributed by atoms with Crippen molar-refractivity contribution in [1.82, 2.24) is 9.80 Å². The van der Waals surface area contributed by atoms with Crippen LogP contribution >= 0.6 is 0 Å². The first kappa shape index (κ1) is 23.0. The quantitative estimate of drug-likeness (QED) is 0.645. The van der Waals surface area contributed by atoms with Crippen LogP contribution < -0.4 is 0 Å². The molecule has 6 nitrogen and oxygen atoms in total. The smallest absolute Gasteiger partial charge is 0.223 e. The van der Waals surface area contributed by atoms with Gasteiger partial charge in [-0.05, 0) is 67.2 Å². The van der Waals surface area contributed by atoms with E-state index in [1.54, 1.807) is 0 Å². The van der Waals surface area contributed by atoms with Gasteiger partial charge in [-0.25, -0.2) is 0 Å². The summed E-state index contributed by atoms with van der Waals surface area (Å²) in [6, 6.07) is 0. The van der Waals surface area contributed by atoms with E-state index in [1.165, 1.54) is 0 Å². The summed E-state index contributed by atoms with van der Waals surface area (Å²) in [6.45, 7) is 17.0. The van der Waals surface area contributed by atoms with Crippen molar-refractivity contribution in [2.75, 3.05) is 32.7 Å². The number of carbonyl (C=O) groups excluding carboxylic acids is 1. The van der Waals surface area contributed by atoms with Gasteiger partial charge in [0.15, 0.2) is 0 Å². The van der Waals surface area contributed by atoms with Crippen LogP contribution in [0.1, 0.15) is 73.6 Å². The van der Waals surface area contributed by atoms with Gasteiger partial charge < -0.3 is 19.1 Å². The van der Waals surface area contributed by atoms with E-state index in [0.29, 0.717) is 30.8 Å². The first-order chi connectivity index (χ1) is 13.5. The zero-order chi connectivity index (χ0) is 21.2. The first-order valence-corrected chi connectivity index (χ1v) is 11.5. The van der Waals surface area contributed by atoms with E-state index in [1.807, 2.05) is 4.90 Å². The maximum Gasteiger partial charge on any atom is 0.223 e. The van der Waals surface area contributed by atoms with Gasteiger partial charge in [-0.1, -0.05) is 0 Å². The fourth-order valence-corrected chi connectivity index (χ4v) is 4.43. The predicted octanol–water partition coefficient (Wildman–Crippen LogP) is 3.23. The normalized spacial score (nSPS) is 27.6. The highest BCUT2D eigenvalue weighted by molar-refractivity contribution is 5.76. The molecule has 6 heteroatoms. The van der Waals surface area contributed by atoms with Gasteiger partial charge in [0.2, 0.25) is 5.91 Å². The molecular formula is C23H42N2O4. The standard InChI is InChI=1S/C23H42N2O4/c1-22(2,3)28-19-13-18(14-19)27-17-7-11-25(12-8-17)21(26)9-10-24-15-20(16-24)29-23(4,5)6/h17-20H,7-16H2,1-6H3. The SMILES string of the molecule is CC(C)(C)OC1CC(OC2CCN(C(=O)CCN3CC(OC(C)(C)C)C3)CC2)C1. The summed E-state index contributed by atoms with van der Waals surface area (Å²) in [6.07, 6.45) is 5.83. The third-order valence-electron chi connectivity index (χ3n) is 5.84. The van der Waals surface area contributed by atoms with E-state index in [4.69, 9.17) is 14.2 Å². The lowest BCUT2D eigenvalue weighted by molar-refractivity contribution is -0.169. The van der Waals surface area contributed by atoms with Gasteiger partial charge in [-0.15, -0.1) is 0 Å². The fraction of sp³-hybridized carbons (Fsp3) is 0.957. The molecular weight excluding hydrogens is 368 g/mol. The Bertz CT molecular complexity index is 534. The third kappa shape index (κ3) is 7.50. The second kappa shape index (κ2) is 9.21. The maximum atomic E-state index is 12.5. The van der Waals surface area contributed by atoms with Crippen LogP contribution in [0, 0.1) is 0 Å². The summed E-state index contributed by atoms with van der Waals surface area (Å²) in [7, 11) is 0. The number of carbonyl (C=O) groups is 1. The summed E-state index contributed by atoms with van der Waals surface area (Å²) in [4.78, 5) is 16.9. The van der Waals surface area contributed by atoms with Crippen molar-refractivity contribution in [3.63, 3.8) is 0 Å². The van der Waals surface area contributed by atoms with E-state index in [9.17, 15) is 4.79 Å². The highest BCUT2D eigenvalue weighted by Gasteiger charge is 2.36. The van der Waals surface area contributed by atoms with Gasteiger partial charge >= 0.3 is 0 Å². The van der Waals surface area contributed by atoms with Crippen molar-refractivity contribution in [3.05, 3.63) is 0 Å². The van der Waals surface area contributed by atoms with Gasteiger partial charge in [0, 0.05) is 39.1 Å². The molecule has 2 aliphatic heterocycles. The lowest BCUT2D eigenvalue weighted by atomic mass is 9.90. The Kier molecular flexibility index (Phi) is 7.30. The van der Waals surface area contributed by atoms with Crippen LogP contribution in [0.25, 0.3) is 0 Å². The maximum absolute atomic E-state index is 12.5. The molecule has 2 saturated heterocycles. The van der Waals surface area contributed by atoms with Gasteiger partial charge in [0.1, 0.15) is 0 Å². The van der Waals surface area contributed by atoms with Crippen molar-refractivity contribution in [1.29, 1.82) is 0 Å². The zero-order valence-electron chi connectivity index (χ0n) is 19.4. The average molecular weight is 411 g/mol. The molecule has 0 aromatic carbocycles. The molecule has 0 spiro atoms. The molecule has 1 aliphatic carbocycles. The largest absolute Gasteiger partial charge is 0.375 e. The molecule has 0 unspecified atom stereocenters. The topological polar surface area (TPSA) is 51.2 Å². The molecule has 29 heavy (non-hydrogen) atoms. The number of nitrogens with zero attached hydrogens (tertiary/aromatic N) is 2. The van der Waals surface area contributed by atoms with E-state index in [2.05, 4.69) is 46.4 Å². The summed E-state index contributed by atoms with van der Waals surface area (Å²) in [5.74, 6) is 0.283. The molecule has 0 bridgehead atoms. The Hall–Kier alpha value is -0.690. The van der Waals surface area contributed by atoms with Crippen LogP contribution in [0.3, 0.4) is 0 Å². The number of amides is 1. The molecule has 168 valence electrons. The number of hydrogen-bond donors (Lipinski definition) is 0. The van der Waals surface area contributed by atoms with E-state index >= 15 is 0 Å². The highest BCUT2D eigenvalue weighted by Crippen LogP contribution is 2.32. The molecule has 3 rings (SSSR count). The van der Waals surface area contributed by atoms with Crippen LogP contribution in [-0.2, 0) is 19.0 Å². The van der Waals surface area contributed by atoms with Crippen LogP contribution in [0.15, 0.2) is 0 Å². The predicted molar refractivity (Wildman–Crippen MR) is 114 cm³/mol. The van der Waals surface area contributed by atoms with Crippen molar-refractivity contribution >= 4 is 5.91 Å². The minimum Gasteiger partial charge on any atom is -0.375 e. The number of likely N-dealkylation sites (tertiary alicyclic amines) is 2. The lowest BCUT2D eigenvalue weighted by Gasteiger charge is -2.43. The second-order valence-electron chi connectivity index (χ2n) is 11.0. The number of hydrogen-bond acceptors (Lipinski definition) is 5. The number of rotatable bonds is 7. The zero-order valence-corrected chi connectivity index (χ0v) is 19.4. The average Bonchev–Trinajstić information content (AvgIpc) is 2.53. The molecule has 0 atom stereocenters. The van der Waals surface area contributed by atoms with E-state index in [-0.39, 0.29) is 17.1 Å². The first-order valence-electron chi connectivity index (χ1n) is 11.5. The van der Waals surface area contributed by atoms with Gasteiger partial charge in [-0.2, -0.15) is 0 Å². The molecule has 0 aromatic rings. The lowest BCUT2D eigenvalue weighted by Crippen LogP contribution is -2.55. The van der Waals surface area contributed by atoms with Crippen molar-refractivity contribution in [2.45, 2.75) is 109 Å². The number of piperidine rings is 1. The summed E-state index contributed by atoms with van der Waals surface area (Å²) in [5, 5.41) is 0. The van der Waals surface area contributed by atoms with Crippen molar-refractivity contribution in [3.8, 4) is 0 Å². The molecule has 0 N–H and O–H groups in total. The Balaban J connectivity index is 1.24. The fourth-order valence-electron chi connectivity index (χ4n) is 4.43. The number of ether oxygens (including phenoxy) is 3. The van der Waals surface area contributed by atoms with Crippen LogP contribution in [0.4, 0.5) is 0 Å². The molecule has 1 saturated carbocycles. The molecule has 3 aliphatic rings. The highest BCUT2D eigenvalue weighted by atomic mass is 16.5. The minimum absolute atomic E-state index is 0.0715. The van der Waals surface area contributed by atoms with E-state index < -0.39 is 0 Å². The minimum atomic E-state index is -0.0843. The Morgan fingerprint density at radius 2 is 1.38 bits per heavy atom. The third-order valence-corrected chi connectivity index (χ3v) is 5.84. The van der Waals surface area contributed by atoms with Crippen LogP contribution in [-0.4, -0.2) is 84.0 Å². The summed E-state index contributed by atoms with van der Waals surface area (Å²) in [5.41, 5.74) is -0.156. The Morgan fingerprint density at radius 3 is 1.93 bits per heavy atom. The van der Waals surface area contributed by atoms with Gasteiger partial charge in [0.05, 0.1) is 35.6 Å². The Morgan fingerprint density at radius 1 is 0.828 bits per heavy atom. The summed E-state index contributed by atoms with van der Waals surface area (Å²) >= 11 is 0.